The highest BCUT2D eigenvalue weighted by molar-refractivity contribution is 6.42. The number of ether oxygens (including phenoxy) is 1. The SMILES string of the molecule is O=C(O)Cn1ccc2c(Oc3ccc(NC(=O)c4ccc(Cl)c(Cl)c4)cn3)cccc21. The zero-order chi connectivity index (χ0) is 22.0. The van der Waals surface area contributed by atoms with Crippen LogP contribution in [0.5, 0.6) is 11.6 Å². The number of nitrogens with one attached hydrogen (secondary N) is 1. The molecule has 4 rings (SSSR count). The number of hydrogen-bond donors (Lipinski definition) is 2. The number of carbonyl (C=O) groups is 2. The summed E-state index contributed by atoms with van der Waals surface area (Å²) in [5.41, 5.74) is 1.59. The largest absolute Gasteiger partial charge is 0.480 e. The average Bonchev–Trinajstić information content (AvgIpc) is 3.14. The molecule has 0 saturated carbocycles. The maximum atomic E-state index is 12.4. The molecule has 0 bridgehead atoms. The lowest BCUT2D eigenvalue weighted by Crippen LogP contribution is -2.12. The summed E-state index contributed by atoms with van der Waals surface area (Å²) >= 11 is 11.8. The fourth-order valence-electron chi connectivity index (χ4n) is 3.04. The van der Waals surface area contributed by atoms with Crippen LogP contribution in [0, 0.1) is 0 Å². The number of carbonyl (C=O) groups excluding carboxylic acids is 1. The van der Waals surface area contributed by atoms with Crippen LogP contribution in [0.25, 0.3) is 10.9 Å². The average molecular weight is 456 g/mol. The van der Waals surface area contributed by atoms with E-state index in [1.54, 1.807) is 53.2 Å². The number of halogens is 2. The first-order chi connectivity index (χ1) is 14.9. The Kier molecular flexibility index (Phi) is 5.79. The van der Waals surface area contributed by atoms with E-state index in [-0.39, 0.29) is 12.5 Å². The number of fused-ring (bicyclic) bond motifs is 1. The first kappa shape index (κ1) is 20.7. The molecule has 0 spiro atoms. The second-order valence-electron chi connectivity index (χ2n) is 6.60. The molecule has 0 aliphatic carbocycles. The van der Waals surface area contributed by atoms with Crippen molar-refractivity contribution < 1.29 is 19.4 Å². The molecule has 0 unspecified atom stereocenters. The molecule has 9 heteroatoms. The molecule has 2 aromatic carbocycles. The number of carboxylic acid groups (broad SMARTS) is 1. The van der Waals surface area contributed by atoms with Crippen LogP contribution in [0.2, 0.25) is 10.0 Å². The summed E-state index contributed by atoms with van der Waals surface area (Å²) in [7, 11) is 0. The van der Waals surface area contributed by atoms with Crippen LogP contribution in [-0.2, 0) is 11.3 Å². The minimum absolute atomic E-state index is 0.140. The van der Waals surface area contributed by atoms with E-state index in [0.29, 0.717) is 32.9 Å². The number of amides is 1. The van der Waals surface area contributed by atoms with Crippen molar-refractivity contribution in [3.05, 3.63) is 82.6 Å². The number of benzene rings is 2. The lowest BCUT2D eigenvalue weighted by molar-refractivity contribution is -0.137. The van der Waals surface area contributed by atoms with Crippen molar-refractivity contribution in [2.45, 2.75) is 6.54 Å². The summed E-state index contributed by atoms with van der Waals surface area (Å²) in [5.74, 6) is -0.407. The highest BCUT2D eigenvalue weighted by Gasteiger charge is 2.11. The number of carboxylic acids is 1. The van der Waals surface area contributed by atoms with Crippen LogP contribution >= 0.6 is 23.2 Å². The lowest BCUT2D eigenvalue weighted by atomic mass is 10.2. The maximum absolute atomic E-state index is 12.4. The van der Waals surface area contributed by atoms with Gasteiger partial charge in [0.05, 0.1) is 27.4 Å². The van der Waals surface area contributed by atoms with Crippen LogP contribution in [-0.4, -0.2) is 26.5 Å². The van der Waals surface area contributed by atoms with E-state index in [4.69, 9.17) is 33.0 Å². The normalized spacial score (nSPS) is 10.8. The molecule has 2 N–H and O–H groups in total. The summed E-state index contributed by atoms with van der Waals surface area (Å²) in [5, 5.41) is 13.2. The summed E-state index contributed by atoms with van der Waals surface area (Å²) in [6.45, 7) is -0.140. The number of hydrogen-bond acceptors (Lipinski definition) is 4. The van der Waals surface area contributed by atoms with Crippen LogP contribution < -0.4 is 10.1 Å². The Labute approximate surface area is 186 Å². The van der Waals surface area contributed by atoms with Gasteiger partial charge in [0.1, 0.15) is 12.3 Å². The van der Waals surface area contributed by atoms with Gasteiger partial charge in [-0.3, -0.25) is 9.59 Å². The molecule has 156 valence electrons. The molecule has 0 atom stereocenters. The van der Waals surface area contributed by atoms with E-state index in [9.17, 15) is 9.59 Å². The number of pyridine rings is 1. The molecule has 4 aromatic rings. The second kappa shape index (κ2) is 8.67. The highest BCUT2D eigenvalue weighted by Crippen LogP contribution is 2.30. The Morgan fingerprint density at radius 3 is 2.61 bits per heavy atom. The van der Waals surface area contributed by atoms with Gasteiger partial charge in [0.15, 0.2) is 0 Å². The quantitative estimate of drug-likeness (QED) is 0.401. The summed E-state index contributed by atoms with van der Waals surface area (Å²) in [6.07, 6.45) is 3.17. The standard InChI is InChI=1S/C22H15Cl2N3O4/c23-16-6-4-13(10-17(16)24)22(30)26-14-5-7-20(25-11-14)31-19-3-1-2-18-15(19)8-9-27(18)12-21(28)29/h1-11H,12H2,(H,26,30)(H,28,29). The second-order valence-corrected chi connectivity index (χ2v) is 7.41. The summed E-state index contributed by atoms with van der Waals surface area (Å²) in [6, 6.07) is 15.1. The number of anilines is 1. The molecular weight excluding hydrogens is 441 g/mol. The smallest absolute Gasteiger partial charge is 0.323 e. The predicted molar refractivity (Wildman–Crippen MR) is 118 cm³/mol. The Morgan fingerprint density at radius 1 is 1.06 bits per heavy atom. The predicted octanol–water partition coefficient (Wildman–Crippen LogP) is 5.47. The van der Waals surface area contributed by atoms with Crippen molar-refractivity contribution in [2.24, 2.45) is 0 Å². The van der Waals surface area contributed by atoms with E-state index in [0.717, 1.165) is 10.9 Å². The maximum Gasteiger partial charge on any atom is 0.323 e. The van der Waals surface area contributed by atoms with E-state index >= 15 is 0 Å². The van der Waals surface area contributed by atoms with Gasteiger partial charge < -0.3 is 19.7 Å². The van der Waals surface area contributed by atoms with Crippen LogP contribution in [0.15, 0.2) is 67.0 Å². The van der Waals surface area contributed by atoms with Gasteiger partial charge in [0, 0.05) is 23.2 Å². The Morgan fingerprint density at radius 2 is 1.90 bits per heavy atom. The van der Waals surface area contributed by atoms with Gasteiger partial charge in [-0.25, -0.2) is 4.98 Å². The fraction of sp³-hybridized carbons (Fsp3) is 0.0455. The third kappa shape index (κ3) is 4.63. The van der Waals surface area contributed by atoms with Gasteiger partial charge in [0.2, 0.25) is 5.88 Å². The van der Waals surface area contributed by atoms with E-state index < -0.39 is 5.97 Å². The van der Waals surface area contributed by atoms with Gasteiger partial charge in [0.25, 0.3) is 5.91 Å². The minimum Gasteiger partial charge on any atom is -0.480 e. The topological polar surface area (TPSA) is 93.5 Å². The lowest BCUT2D eigenvalue weighted by Gasteiger charge is -2.09. The fourth-order valence-corrected chi connectivity index (χ4v) is 3.33. The third-order valence-corrected chi connectivity index (χ3v) is 5.21. The van der Waals surface area contributed by atoms with E-state index in [1.165, 1.54) is 12.3 Å². The highest BCUT2D eigenvalue weighted by atomic mass is 35.5. The van der Waals surface area contributed by atoms with Crippen LogP contribution in [0.1, 0.15) is 10.4 Å². The first-order valence-corrected chi connectivity index (χ1v) is 9.86. The molecule has 1 amide bonds. The summed E-state index contributed by atoms with van der Waals surface area (Å²) in [4.78, 5) is 27.6. The molecule has 2 aromatic heterocycles. The Hall–Kier alpha value is -3.55. The van der Waals surface area contributed by atoms with Crippen LogP contribution in [0.4, 0.5) is 5.69 Å². The van der Waals surface area contributed by atoms with Crippen molar-refractivity contribution in [2.75, 3.05) is 5.32 Å². The summed E-state index contributed by atoms with van der Waals surface area (Å²) < 4.78 is 7.49. The monoisotopic (exact) mass is 455 g/mol. The number of aromatic nitrogens is 2. The molecular formula is C22H15Cl2N3O4. The molecule has 0 radical (unpaired) electrons. The number of aliphatic carboxylic acids is 1. The van der Waals surface area contributed by atoms with E-state index in [1.807, 2.05) is 6.07 Å². The van der Waals surface area contributed by atoms with Crippen molar-refractivity contribution in [1.82, 2.24) is 9.55 Å². The van der Waals surface area contributed by atoms with Gasteiger partial charge in [-0.05, 0) is 42.5 Å². The number of rotatable bonds is 6. The molecule has 31 heavy (non-hydrogen) atoms. The number of nitrogens with zero attached hydrogens (tertiary/aromatic N) is 2. The Bertz CT molecular complexity index is 1290. The third-order valence-electron chi connectivity index (χ3n) is 4.47. The Balaban J connectivity index is 1.49. The van der Waals surface area contributed by atoms with Crippen molar-refractivity contribution in [1.29, 1.82) is 0 Å². The zero-order valence-corrected chi connectivity index (χ0v) is 17.4. The molecule has 0 saturated heterocycles. The van der Waals surface area contributed by atoms with Crippen molar-refractivity contribution in [3.63, 3.8) is 0 Å². The van der Waals surface area contributed by atoms with E-state index in [2.05, 4.69) is 10.3 Å². The van der Waals surface area contributed by atoms with Gasteiger partial charge in [-0.1, -0.05) is 29.3 Å². The van der Waals surface area contributed by atoms with Gasteiger partial charge in [-0.2, -0.15) is 0 Å². The van der Waals surface area contributed by atoms with Crippen molar-refractivity contribution >= 4 is 51.7 Å². The molecule has 0 aliphatic heterocycles. The minimum atomic E-state index is -0.927. The van der Waals surface area contributed by atoms with Crippen molar-refractivity contribution in [3.8, 4) is 11.6 Å². The van der Waals surface area contributed by atoms with Gasteiger partial charge in [-0.15, -0.1) is 0 Å². The first-order valence-electron chi connectivity index (χ1n) is 9.10. The van der Waals surface area contributed by atoms with Gasteiger partial charge >= 0.3 is 5.97 Å². The molecule has 0 aliphatic rings. The molecule has 2 heterocycles. The molecule has 7 nitrogen and oxygen atoms in total. The zero-order valence-electron chi connectivity index (χ0n) is 15.9. The molecule has 0 fully saturated rings. The van der Waals surface area contributed by atoms with Crippen LogP contribution in [0.3, 0.4) is 0 Å².